The number of rotatable bonds is 6. The summed E-state index contributed by atoms with van der Waals surface area (Å²) in [5.74, 6) is 1.57. The van der Waals surface area contributed by atoms with Crippen molar-refractivity contribution < 1.29 is 0 Å². The predicted molar refractivity (Wildman–Crippen MR) is 88.3 cm³/mol. The van der Waals surface area contributed by atoms with Crippen LogP contribution in [0.3, 0.4) is 0 Å². The average Bonchev–Trinajstić information content (AvgIpc) is 2.46. The van der Waals surface area contributed by atoms with Gasteiger partial charge in [0.05, 0.1) is 0 Å². The summed E-state index contributed by atoms with van der Waals surface area (Å²) in [7, 11) is 6.09. The largest absolute Gasteiger partial charge is 0.369 e. The Balaban J connectivity index is 2.14. The third kappa shape index (κ3) is 4.43. The number of nitrogens with one attached hydrogen (secondary N) is 1. The maximum atomic E-state index is 4.59. The third-order valence-electron chi connectivity index (χ3n) is 3.15. The van der Waals surface area contributed by atoms with Crippen molar-refractivity contribution in [2.75, 3.05) is 44.4 Å². The van der Waals surface area contributed by atoms with Gasteiger partial charge in [-0.05, 0) is 33.2 Å². The van der Waals surface area contributed by atoms with Crippen LogP contribution in [0.4, 0.5) is 17.5 Å². The number of anilines is 3. The monoisotopic (exact) mass is 285 g/mol. The molecule has 0 aliphatic carbocycles. The second-order valence-electron chi connectivity index (χ2n) is 5.32. The van der Waals surface area contributed by atoms with Crippen molar-refractivity contribution in [3.63, 3.8) is 0 Å². The topological polar surface area (TPSA) is 44.3 Å². The Bertz CT molecular complexity index is 568. The Hall–Kier alpha value is -2.14. The van der Waals surface area contributed by atoms with Gasteiger partial charge in [-0.3, -0.25) is 0 Å². The first-order chi connectivity index (χ1) is 10.1. The minimum Gasteiger partial charge on any atom is -0.369 e. The molecule has 0 unspecified atom stereocenters. The van der Waals surface area contributed by atoms with E-state index in [9.17, 15) is 0 Å². The average molecular weight is 285 g/mol. The van der Waals surface area contributed by atoms with E-state index in [0.717, 1.165) is 30.3 Å². The Kier molecular flexibility index (Phi) is 5.11. The molecule has 0 saturated heterocycles. The van der Waals surface area contributed by atoms with Gasteiger partial charge in [-0.15, -0.1) is 0 Å². The zero-order valence-electron chi connectivity index (χ0n) is 13.2. The van der Waals surface area contributed by atoms with Gasteiger partial charge in [0.25, 0.3) is 0 Å². The lowest BCUT2D eigenvalue weighted by molar-refractivity contribution is 0.425. The zero-order chi connectivity index (χ0) is 15.2. The Morgan fingerprint density at radius 1 is 1.05 bits per heavy atom. The molecule has 1 heterocycles. The van der Waals surface area contributed by atoms with Crippen LogP contribution in [-0.4, -0.2) is 49.1 Å². The van der Waals surface area contributed by atoms with Crippen molar-refractivity contribution in [1.29, 1.82) is 0 Å². The third-order valence-corrected chi connectivity index (χ3v) is 3.15. The van der Waals surface area contributed by atoms with Crippen molar-refractivity contribution in [3.8, 4) is 0 Å². The van der Waals surface area contributed by atoms with Crippen molar-refractivity contribution in [2.24, 2.45) is 0 Å². The number of benzene rings is 1. The van der Waals surface area contributed by atoms with Crippen LogP contribution < -0.4 is 10.2 Å². The molecular weight excluding hydrogens is 262 g/mol. The number of likely N-dealkylation sites (N-methyl/N-ethyl adjacent to an activating group) is 1. The highest BCUT2D eigenvalue weighted by atomic mass is 15.3. The Morgan fingerprint density at radius 2 is 1.76 bits per heavy atom. The second-order valence-corrected chi connectivity index (χ2v) is 5.32. The van der Waals surface area contributed by atoms with Crippen LogP contribution in [0.25, 0.3) is 0 Å². The van der Waals surface area contributed by atoms with E-state index < -0.39 is 0 Å². The van der Waals surface area contributed by atoms with Crippen molar-refractivity contribution in [1.82, 2.24) is 14.9 Å². The van der Waals surface area contributed by atoms with E-state index in [1.807, 2.05) is 55.3 Å². The summed E-state index contributed by atoms with van der Waals surface area (Å²) in [5, 5.41) is 3.34. The lowest BCUT2D eigenvalue weighted by Gasteiger charge is -2.19. The van der Waals surface area contributed by atoms with Crippen LogP contribution in [0.2, 0.25) is 0 Å². The van der Waals surface area contributed by atoms with Gasteiger partial charge in [-0.1, -0.05) is 18.2 Å². The fraction of sp³-hybridized carbons (Fsp3) is 0.375. The number of aromatic nitrogens is 2. The molecule has 0 radical (unpaired) electrons. The standard InChI is InChI=1S/C16H23N5/c1-13-12-15(17-10-11-20(2)3)19-16(18-13)21(4)14-8-6-5-7-9-14/h5-9,12H,10-11H2,1-4H3,(H,17,18,19). The van der Waals surface area contributed by atoms with Crippen LogP contribution in [0.15, 0.2) is 36.4 Å². The van der Waals surface area contributed by atoms with Gasteiger partial charge in [0, 0.05) is 37.6 Å². The van der Waals surface area contributed by atoms with Crippen LogP contribution in [0, 0.1) is 6.92 Å². The molecule has 5 nitrogen and oxygen atoms in total. The smallest absolute Gasteiger partial charge is 0.231 e. The number of aryl methyl sites for hydroxylation is 1. The number of para-hydroxylation sites is 1. The highest BCUT2D eigenvalue weighted by Gasteiger charge is 2.09. The fourth-order valence-electron chi connectivity index (χ4n) is 1.97. The van der Waals surface area contributed by atoms with E-state index >= 15 is 0 Å². The van der Waals surface area contributed by atoms with E-state index in [-0.39, 0.29) is 0 Å². The van der Waals surface area contributed by atoms with Crippen molar-refractivity contribution in [3.05, 3.63) is 42.1 Å². The van der Waals surface area contributed by atoms with Gasteiger partial charge in [0.15, 0.2) is 0 Å². The van der Waals surface area contributed by atoms with Gasteiger partial charge in [0.1, 0.15) is 5.82 Å². The fourth-order valence-corrected chi connectivity index (χ4v) is 1.97. The van der Waals surface area contributed by atoms with Gasteiger partial charge < -0.3 is 15.1 Å². The van der Waals surface area contributed by atoms with Crippen LogP contribution in [0.5, 0.6) is 0 Å². The molecule has 0 atom stereocenters. The molecule has 2 rings (SSSR count). The van der Waals surface area contributed by atoms with E-state index in [0.29, 0.717) is 5.95 Å². The molecule has 0 amide bonds. The summed E-state index contributed by atoms with van der Waals surface area (Å²) in [6.45, 7) is 3.81. The van der Waals surface area contributed by atoms with Gasteiger partial charge in [-0.25, -0.2) is 4.98 Å². The maximum absolute atomic E-state index is 4.59. The lowest BCUT2D eigenvalue weighted by atomic mass is 10.3. The molecule has 0 bridgehead atoms. The Labute approximate surface area is 126 Å². The molecule has 0 saturated carbocycles. The van der Waals surface area contributed by atoms with Crippen LogP contribution in [-0.2, 0) is 0 Å². The molecule has 5 heteroatoms. The maximum Gasteiger partial charge on any atom is 0.231 e. The van der Waals surface area contributed by atoms with E-state index in [1.165, 1.54) is 0 Å². The Morgan fingerprint density at radius 3 is 2.43 bits per heavy atom. The van der Waals surface area contributed by atoms with Crippen molar-refractivity contribution in [2.45, 2.75) is 6.92 Å². The molecule has 112 valence electrons. The summed E-state index contributed by atoms with van der Waals surface area (Å²) in [6, 6.07) is 12.1. The molecule has 1 N–H and O–H groups in total. The molecule has 1 aromatic carbocycles. The van der Waals surface area contributed by atoms with Gasteiger partial charge >= 0.3 is 0 Å². The lowest BCUT2D eigenvalue weighted by Crippen LogP contribution is -2.22. The molecule has 1 aromatic heterocycles. The minimum atomic E-state index is 0.702. The number of nitrogens with zero attached hydrogens (tertiary/aromatic N) is 4. The van der Waals surface area contributed by atoms with Gasteiger partial charge in [0.2, 0.25) is 5.95 Å². The first kappa shape index (κ1) is 15.3. The molecule has 0 aliphatic heterocycles. The summed E-state index contributed by atoms with van der Waals surface area (Å²) in [5.41, 5.74) is 2.03. The molecule has 0 fully saturated rings. The summed E-state index contributed by atoms with van der Waals surface area (Å²) >= 11 is 0. The first-order valence-corrected chi connectivity index (χ1v) is 7.09. The molecule has 0 aliphatic rings. The number of hydrogen-bond acceptors (Lipinski definition) is 5. The highest BCUT2D eigenvalue weighted by molar-refractivity contribution is 5.57. The number of hydrogen-bond donors (Lipinski definition) is 1. The highest BCUT2D eigenvalue weighted by Crippen LogP contribution is 2.21. The van der Waals surface area contributed by atoms with E-state index in [2.05, 4.69) is 34.3 Å². The van der Waals surface area contributed by atoms with E-state index in [1.54, 1.807) is 0 Å². The summed E-state index contributed by atoms with van der Waals surface area (Å²) in [4.78, 5) is 13.2. The second kappa shape index (κ2) is 7.04. The van der Waals surface area contributed by atoms with Gasteiger partial charge in [-0.2, -0.15) is 4.98 Å². The predicted octanol–water partition coefficient (Wildman–Crippen LogP) is 2.53. The van der Waals surface area contributed by atoms with Crippen LogP contribution >= 0.6 is 0 Å². The van der Waals surface area contributed by atoms with Crippen LogP contribution in [0.1, 0.15) is 5.69 Å². The SMILES string of the molecule is Cc1cc(NCCN(C)C)nc(N(C)c2ccccc2)n1. The first-order valence-electron chi connectivity index (χ1n) is 7.09. The minimum absolute atomic E-state index is 0.702. The quantitative estimate of drug-likeness (QED) is 0.883. The summed E-state index contributed by atoms with van der Waals surface area (Å²) < 4.78 is 0. The summed E-state index contributed by atoms with van der Waals surface area (Å²) in [6.07, 6.45) is 0. The molecule has 21 heavy (non-hydrogen) atoms. The zero-order valence-corrected chi connectivity index (χ0v) is 13.2. The molecule has 2 aromatic rings. The normalized spacial score (nSPS) is 10.7. The molecular formula is C16H23N5. The van der Waals surface area contributed by atoms with E-state index in [4.69, 9.17) is 0 Å². The molecule has 0 spiro atoms. The van der Waals surface area contributed by atoms with Crippen molar-refractivity contribution >= 4 is 17.5 Å².